The molecule has 0 saturated heterocycles. The Morgan fingerprint density at radius 2 is 2.07 bits per heavy atom. The molecule has 1 aromatic heterocycles. The molecule has 2 nitrogen and oxygen atoms in total. The average Bonchev–Trinajstić information content (AvgIpc) is 2.41. The summed E-state index contributed by atoms with van der Waals surface area (Å²) >= 11 is 11.9. The normalized spacial score (nSPS) is 11.1. The van der Waals surface area contributed by atoms with Crippen molar-refractivity contribution in [1.29, 1.82) is 0 Å². The van der Waals surface area contributed by atoms with E-state index in [0.29, 0.717) is 10.2 Å². The lowest BCUT2D eigenvalue weighted by molar-refractivity contribution is 0.283. The molecule has 0 unspecified atom stereocenters. The van der Waals surface area contributed by atoms with Crippen molar-refractivity contribution in [3.05, 3.63) is 33.9 Å². The van der Waals surface area contributed by atoms with E-state index in [2.05, 4.69) is 0 Å². The summed E-state index contributed by atoms with van der Waals surface area (Å²) < 4.78 is 1.81. The molecule has 0 spiro atoms. The van der Waals surface area contributed by atoms with Gasteiger partial charge in [0.05, 0.1) is 12.1 Å². The van der Waals surface area contributed by atoms with Crippen molar-refractivity contribution in [3.63, 3.8) is 0 Å². The number of aryl methyl sites for hydroxylation is 1. The molecule has 0 aliphatic carbocycles. The molecular weight excluding hydrogens is 221 g/mol. The maximum Gasteiger partial charge on any atom is 0.115 e. The SMILES string of the molecule is Cn1c(Cl)c(CO)c2ccc(Cl)cc21. The molecule has 0 aliphatic heterocycles. The zero-order chi connectivity index (χ0) is 10.3. The third-order valence-electron chi connectivity index (χ3n) is 2.35. The van der Waals surface area contributed by atoms with Gasteiger partial charge in [0.1, 0.15) is 5.15 Å². The Morgan fingerprint density at radius 1 is 1.36 bits per heavy atom. The monoisotopic (exact) mass is 229 g/mol. The maximum atomic E-state index is 9.17. The Morgan fingerprint density at radius 3 is 2.71 bits per heavy atom. The maximum absolute atomic E-state index is 9.17. The van der Waals surface area contributed by atoms with Gasteiger partial charge in [0.2, 0.25) is 0 Å². The van der Waals surface area contributed by atoms with Gasteiger partial charge in [-0.15, -0.1) is 0 Å². The van der Waals surface area contributed by atoms with E-state index < -0.39 is 0 Å². The van der Waals surface area contributed by atoms with E-state index in [0.717, 1.165) is 16.5 Å². The molecule has 0 atom stereocenters. The Hall–Kier alpha value is -0.700. The minimum absolute atomic E-state index is 0.0577. The molecule has 0 saturated carbocycles. The van der Waals surface area contributed by atoms with Crippen LogP contribution in [0, 0.1) is 0 Å². The number of hydrogen-bond acceptors (Lipinski definition) is 1. The first kappa shape index (κ1) is 9.84. The smallest absolute Gasteiger partial charge is 0.115 e. The summed E-state index contributed by atoms with van der Waals surface area (Å²) in [7, 11) is 1.85. The van der Waals surface area contributed by atoms with Gasteiger partial charge in [0.25, 0.3) is 0 Å². The quantitative estimate of drug-likeness (QED) is 0.800. The molecular formula is C10H9Cl2NO. The van der Waals surface area contributed by atoms with Gasteiger partial charge in [0.15, 0.2) is 0 Å². The molecule has 2 aromatic rings. The lowest BCUT2D eigenvalue weighted by Gasteiger charge is -1.96. The Balaban J connectivity index is 2.88. The Bertz CT molecular complexity index is 490. The average molecular weight is 230 g/mol. The molecule has 1 aromatic carbocycles. The number of nitrogens with zero attached hydrogens (tertiary/aromatic N) is 1. The lowest BCUT2D eigenvalue weighted by Crippen LogP contribution is -1.87. The van der Waals surface area contributed by atoms with Crippen molar-refractivity contribution in [2.45, 2.75) is 6.61 Å². The summed E-state index contributed by atoms with van der Waals surface area (Å²) in [6.45, 7) is -0.0577. The zero-order valence-electron chi connectivity index (χ0n) is 7.59. The fourth-order valence-electron chi connectivity index (χ4n) is 1.61. The second-order valence-corrected chi connectivity index (χ2v) is 3.94. The second-order valence-electron chi connectivity index (χ2n) is 3.15. The van der Waals surface area contributed by atoms with Crippen LogP contribution >= 0.6 is 23.2 Å². The summed E-state index contributed by atoms with van der Waals surface area (Å²) in [6.07, 6.45) is 0. The van der Waals surface area contributed by atoms with Crippen LogP contribution in [0.1, 0.15) is 5.56 Å². The van der Waals surface area contributed by atoms with E-state index >= 15 is 0 Å². The number of hydrogen-bond donors (Lipinski definition) is 1. The first-order valence-electron chi connectivity index (χ1n) is 4.18. The molecule has 1 N–H and O–H groups in total. The van der Waals surface area contributed by atoms with E-state index in [4.69, 9.17) is 28.3 Å². The van der Waals surface area contributed by atoms with Crippen LogP contribution in [0.2, 0.25) is 10.2 Å². The van der Waals surface area contributed by atoms with Crippen molar-refractivity contribution in [2.24, 2.45) is 7.05 Å². The van der Waals surface area contributed by atoms with Crippen LogP contribution in [0.4, 0.5) is 0 Å². The van der Waals surface area contributed by atoms with Gasteiger partial charge < -0.3 is 9.67 Å². The van der Waals surface area contributed by atoms with Gasteiger partial charge in [-0.1, -0.05) is 29.3 Å². The predicted octanol–water partition coefficient (Wildman–Crippen LogP) is 2.98. The van der Waals surface area contributed by atoms with Crippen LogP contribution in [-0.2, 0) is 13.7 Å². The molecule has 0 bridgehead atoms. The van der Waals surface area contributed by atoms with Crippen LogP contribution in [0.25, 0.3) is 10.9 Å². The first-order valence-corrected chi connectivity index (χ1v) is 4.94. The van der Waals surface area contributed by atoms with Crippen LogP contribution < -0.4 is 0 Å². The van der Waals surface area contributed by atoms with E-state index in [9.17, 15) is 0 Å². The number of aromatic nitrogens is 1. The molecule has 1 heterocycles. The number of fused-ring (bicyclic) bond motifs is 1. The first-order chi connectivity index (χ1) is 6.65. The summed E-state index contributed by atoms with van der Waals surface area (Å²) in [5.74, 6) is 0. The van der Waals surface area contributed by atoms with Crippen molar-refractivity contribution in [3.8, 4) is 0 Å². The van der Waals surface area contributed by atoms with Gasteiger partial charge in [0, 0.05) is 23.0 Å². The van der Waals surface area contributed by atoms with Crippen molar-refractivity contribution >= 4 is 34.1 Å². The predicted molar refractivity (Wildman–Crippen MR) is 58.9 cm³/mol. The highest BCUT2D eigenvalue weighted by Gasteiger charge is 2.12. The van der Waals surface area contributed by atoms with Gasteiger partial charge in [-0.2, -0.15) is 0 Å². The third-order valence-corrected chi connectivity index (χ3v) is 3.06. The topological polar surface area (TPSA) is 25.2 Å². The molecule has 0 radical (unpaired) electrons. The summed E-state index contributed by atoms with van der Waals surface area (Å²) in [4.78, 5) is 0. The minimum atomic E-state index is -0.0577. The molecule has 0 amide bonds. The largest absolute Gasteiger partial charge is 0.392 e. The van der Waals surface area contributed by atoms with Gasteiger partial charge in [-0.05, 0) is 12.1 Å². The lowest BCUT2D eigenvalue weighted by atomic mass is 10.2. The van der Waals surface area contributed by atoms with Crippen LogP contribution in [0.3, 0.4) is 0 Å². The number of benzene rings is 1. The van der Waals surface area contributed by atoms with Gasteiger partial charge in [-0.3, -0.25) is 0 Å². The third kappa shape index (κ3) is 1.31. The Labute approximate surface area is 91.7 Å². The highest BCUT2D eigenvalue weighted by atomic mass is 35.5. The molecule has 0 fully saturated rings. The summed E-state index contributed by atoms with van der Waals surface area (Å²) in [6, 6.07) is 5.50. The molecule has 0 aliphatic rings. The van der Waals surface area contributed by atoms with Crippen molar-refractivity contribution in [1.82, 2.24) is 4.57 Å². The number of aliphatic hydroxyl groups excluding tert-OH is 1. The highest BCUT2D eigenvalue weighted by Crippen LogP contribution is 2.30. The van der Waals surface area contributed by atoms with E-state index in [1.54, 1.807) is 6.07 Å². The summed E-state index contributed by atoms with van der Waals surface area (Å²) in [5.41, 5.74) is 1.69. The molecule has 14 heavy (non-hydrogen) atoms. The van der Waals surface area contributed by atoms with E-state index in [1.165, 1.54) is 0 Å². The number of rotatable bonds is 1. The molecule has 2 rings (SSSR count). The van der Waals surface area contributed by atoms with Crippen LogP contribution in [0.15, 0.2) is 18.2 Å². The fraction of sp³-hybridized carbons (Fsp3) is 0.200. The minimum Gasteiger partial charge on any atom is -0.392 e. The number of halogens is 2. The van der Waals surface area contributed by atoms with E-state index in [-0.39, 0.29) is 6.61 Å². The van der Waals surface area contributed by atoms with Gasteiger partial charge in [-0.25, -0.2) is 0 Å². The van der Waals surface area contributed by atoms with E-state index in [1.807, 2.05) is 23.7 Å². The second kappa shape index (κ2) is 3.46. The fourth-order valence-corrected chi connectivity index (χ4v) is 2.03. The number of aliphatic hydroxyl groups is 1. The zero-order valence-corrected chi connectivity index (χ0v) is 9.10. The standard InChI is InChI=1S/C10H9Cl2NO/c1-13-9-4-6(11)2-3-7(9)8(5-14)10(13)12/h2-4,14H,5H2,1H3. The van der Waals surface area contributed by atoms with Crippen molar-refractivity contribution < 1.29 is 5.11 Å². The Kier molecular flexibility index (Phi) is 2.43. The van der Waals surface area contributed by atoms with Crippen LogP contribution in [-0.4, -0.2) is 9.67 Å². The van der Waals surface area contributed by atoms with Gasteiger partial charge >= 0.3 is 0 Å². The van der Waals surface area contributed by atoms with Crippen LogP contribution in [0.5, 0.6) is 0 Å². The molecule has 74 valence electrons. The molecule has 4 heteroatoms. The summed E-state index contributed by atoms with van der Waals surface area (Å²) in [5, 5.41) is 11.3. The van der Waals surface area contributed by atoms with Crippen molar-refractivity contribution in [2.75, 3.05) is 0 Å². The highest BCUT2D eigenvalue weighted by molar-refractivity contribution is 6.33.